The summed E-state index contributed by atoms with van der Waals surface area (Å²) in [6.45, 7) is 0.444. The van der Waals surface area contributed by atoms with Crippen LogP contribution in [0.4, 0.5) is 0 Å². The SMILES string of the molecule is COC(=O)c1ccc(SC)c(OCCc2ccc(Cl)cc2Cl)c1. The van der Waals surface area contributed by atoms with E-state index in [1.807, 2.05) is 18.4 Å². The molecule has 0 bridgehead atoms. The summed E-state index contributed by atoms with van der Waals surface area (Å²) in [6.07, 6.45) is 2.60. The first-order valence-electron chi connectivity index (χ1n) is 6.88. The van der Waals surface area contributed by atoms with Crippen LogP contribution in [-0.4, -0.2) is 25.9 Å². The number of benzene rings is 2. The number of carbonyl (C=O) groups excluding carboxylic acids is 1. The van der Waals surface area contributed by atoms with Crippen LogP contribution in [0.2, 0.25) is 10.0 Å². The summed E-state index contributed by atoms with van der Waals surface area (Å²) in [5.74, 6) is 0.272. The summed E-state index contributed by atoms with van der Waals surface area (Å²) in [6, 6.07) is 10.7. The highest BCUT2D eigenvalue weighted by atomic mass is 35.5. The topological polar surface area (TPSA) is 35.5 Å². The lowest BCUT2D eigenvalue weighted by Gasteiger charge is -2.12. The molecule has 0 aliphatic carbocycles. The molecular formula is C17H16Cl2O3S. The van der Waals surface area contributed by atoms with Gasteiger partial charge >= 0.3 is 5.97 Å². The normalized spacial score (nSPS) is 10.4. The molecule has 2 rings (SSSR count). The Kier molecular flexibility index (Phi) is 6.63. The van der Waals surface area contributed by atoms with Crippen molar-refractivity contribution in [3.8, 4) is 5.75 Å². The molecule has 0 unspecified atom stereocenters. The Hall–Kier alpha value is -1.36. The van der Waals surface area contributed by atoms with E-state index in [4.69, 9.17) is 32.7 Å². The quantitative estimate of drug-likeness (QED) is 0.521. The largest absolute Gasteiger partial charge is 0.492 e. The molecule has 0 radical (unpaired) electrons. The number of ether oxygens (including phenoxy) is 2. The number of carbonyl (C=O) groups is 1. The predicted octanol–water partition coefficient (Wildman–Crippen LogP) is 5.12. The van der Waals surface area contributed by atoms with Crippen LogP contribution in [0.3, 0.4) is 0 Å². The standard InChI is InChI=1S/C17H16Cl2O3S/c1-21-17(20)12-4-6-16(23-2)15(9-12)22-8-7-11-3-5-13(18)10-14(11)19/h3-6,9-10H,7-8H2,1-2H3. The molecular weight excluding hydrogens is 355 g/mol. The van der Waals surface area contributed by atoms with Crippen LogP contribution >= 0.6 is 35.0 Å². The Morgan fingerprint density at radius 1 is 1.17 bits per heavy atom. The third-order valence-electron chi connectivity index (χ3n) is 3.23. The minimum atomic E-state index is -0.386. The van der Waals surface area contributed by atoms with E-state index in [2.05, 4.69) is 0 Å². The number of hydrogen-bond acceptors (Lipinski definition) is 4. The number of rotatable bonds is 6. The fourth-order valence-electron chi connectivity index (χ4n) is 2.03. The zero-order chi connectivity index (χ0) is 16.8. The Morgan fingerprint density at radius 2 is 1.96 bits per heavy atom. The van der Waals surface area contributed by atoms with Crippen LogP contribution in [0.25, 0.3) is 0 Å². The molecule has 0 aliphatic heterocycles. The summed E-state index contributed by atoms with van der Waals surface area (Å²) in [7, 11) is 1.36. The lowest BCUT2D eigenvalue weighted by Crippen LogP contribution is -2.05. The van der Waals surface area contributed by atoms with E-state index >= 15 is 0 Å². The van der Waals surface area contributed by atoms with Crippen molar-refractivity contribution in [2.45, 2.75) is 11.3 Å². The van der Waals surface area contributed by atoms with Crippen molar-refractivity contribution < 1.29 is 14.3 Å². The number of halogens is 2. The molecule has 122 valence electrons. The van der Waals surface area contributed by atoms with Gasteiger partial charge in [0.2, 0.25) is 0 Å². The molecule has 0 fully saturated rings. The summed E-state index contributed by atoms with van der Waals surface area (Å²) < 4.78 is 10.6. The second-order valence-electron chi connectivity index (χ2n) is 4.69. The van der Waals surface area contributed by atoms with Crippen LogP contribution in [0.5, 0.6) is 5.75 Å². The molecule has 0 heterocycles. The number of esters is 1. The molecule has 0 spiro atoms. The van der Waals surface area contributed by atoms with Crippen molar-refractivity contribution >= 4 is 40.9 Å². The minimum absolute atomic E-state index is 0.386. The summed E-state index contributed by atoms with van der Waals surface area (Å²) in [5.41, 5.74) is 1.43. The van der Waals surface area contributed by atoms with Gasteiger partial charge in [-0.1, -0.05) is 29.3 Å². The summed E-state index contributed by atoms with van der Waals surface area (Å²) in [4.78, 5) is 12.6. The van der Waals surface area contributed by atoms with Crippen molar-refractivity contribution in [2.75, 3.05) is 20.0 Å². The van der Waals surface area contributed by atoms with E-state index < -0.39 is 0 Å². The third kappa shape index (κ3) is 4.80. The average molecular weight is 371 g/mol. The second-order valence-corrected chi connectivity index (χ2v) is 6.38. The highest BCUT2D eigenvalue weighted by molar-refractivity contribution is 7.98. The second kappa shape index (κ2) is 8.48. The van der Waals surface area contributed by atoms with Crippen molar-refractivity contribution in [3.05, 3.63) is 57.6 Å². The van der Waals surface area contributed by atoms with Crippen LogP contribution < -0.4 is 4.74 Å². The zero-order valence-corrected chi connectivity index (χ0v) is 15.1. The Balaban J connectivity index is 2.08. The smallest absolute Gasteiger partial charge is 0.337 e. The summed E-state index contributed by atoms with van der Waals surface area (Å²) >= 11 is 13.6. The first-order valence-corrected chi connectivity index (χ1v) is 8.86. The van der Waals surface area contributed by atoms with Crippen molar-refractivity contribution in [2.24, 2.45) is 0 Å². The Morgan fingerprint density at radius 3 is 2.61 bits per heavy atom. The van der Waals surface area contributed by atoms with Gasteiger partial charge in [-0.2, -0.15) is 0 Å². The van der Waals surface area contributed by atoms with Gasteiger partial charge in [0.05, 0.1) is 19.3 Å². The lowest BCUT2D eigenvalue weighted by molar-refractivity contribution is 0.0600. The van der Waals surface area contributed by atoms with E-state index in [0.717, 1.165) is 10.5 Å². The van der Waals surface area contributed by atoms with Gasteiger partial charge in [-0.05, 0) is 42.2 Å². The van der Waals surface area contributed by atoms with E-state index in [1.165, 1.54) is 7.11 Å². The van der Waals surface area contributed by atoms with Crippen molar-refractivity contribution in [1.82, 2.24) is 0 Å². The monoisotopic (exact) mass is 370 g/mol. The van der Waals surface area contributed by atoms with Crippen LogP contribution in [0.15, 0.2) is 41.3 Å². The van der Waals surface area contributed by atoms with E-state index in [1.54, 1.807) is 36.0 Å². The molecule has 0 amide bonds. The first-order chi connectivity index (χ1) is 11.0. The zero-order valence-electron chi connectivity index (χ0n) is 12.8. The molecule has 0 aliphatic rings. The molecule has 2 aromatic rings. The highest BCUT2D eigenvalue weighted by Crippen LogP contribution is 2.29. The first kappa shape index (κ1) is 18.0. The van der Waals surface area contributed by atoms with Gasteiger partial charge in [0.15, 0.2) is 0 Å². The predicted molar refractivity (Wildman–Crippen MR) is 95.2 cm³/mol. The summed E-state index contributed by atoms with van der Waals surface area (Å²) in [5, 5.41) is 1.23. The minimum Gasteiger partial charge on any atom is -0.492 e. The number of thioether (sulfide) groups is 1. The van der Waals surface area contributed by atoms with E-state index in [-0.39, 0.29) is 5.97 Å². The molecule has 2 aromatic carbocycles. The Labute approximate surface area is 149 Å². The van der Waals surface area contributed by atoms with Gasteiger partial charge < -0.3 is 9.47 Å². The number of hydrogen-bond donors (Lipinski definition) is 0. The molecule has 23 heavy (non-hydrogen) atoms. The van der Waals surface area contributed by atoms with E-state index in [9.17, 15) is 4.79 Å². The maximum absolute atomic E-state index is 11.6. The molecule has 0 atom stereocenters. The van der Waals surface area contributed by atoms with Gasteiger partial charge in [-0.25, -0.2) is 4.79 Å². The van der Waals surface area contributed by atoms with Crippen LogP contribution in [0, 0.1) is 0 Å². The Bertz CT molecular complexity index is 704. The highest BCUT2D eigenvalue weighted by Gasteiger charge is 2.11. The van der Waals surface area contributed by atoms with Gasteiger partial charge in [0.25, 0.3) is 0 Å². The fourth-order valence-corrected chi connectivity index (χ4v) is 3.06. The molecule has 6 heteroatoms. The fraction of sp³-hybridized carbons (Fsp3) is 0.235. The van der Waals surface area contributed by atoms with Gasteiger partial charge in [0.1, 0.15) is 5.75 Å². The van der Waals surface area contributed by atoms with Gasteiger partial charge in [-0.15, -0.1) is 11.8 Å². The van der Waals surface area contributed by atoms with Gasteiger partial charge in [0, 0.05) is 21.4 Å². The molecule has 0 saturated heterocycles. The molecule has 0 aromatic heterocycles. The number of methoxy groups -OCH3 is 1. The lowest BCUT2D eigenvalue weighted by atomic mass is 10.1. The van der Waals surface area contributed by atoms with Crippen LogP contribution in [-0.2, 0) is 11.2 Å². The van der Waals surface area contributed by atoms with E-state index in [0.29, 0.717) is 34.4 Å². The average Bonchev–Trinajstić information content (AvgIpc) is 2.56. The van der Waals surface area contributed by atoms with Crippen molar-refractivity contribution in [1.29, 1.82) is 0 Å². The molecule has 3 nitrogen and oxygen atoms in total. The maximum Gasteiger partial charge on any atom is 0.337 e. The van der Waals surface area contributed by atoms with Crippen molar-refractivity contribution in [3.63, 3.8) is 0 Å². The molecule has 0 N–H and O–H groups in total. The van der Waals surface area contributed by atoms with Crippen LogP contribution in [0.1, 0.15) is 15.9 Å². The van der Waals surface area contributed by atoms with Gasteiger partial charge in [-0.3, -0.25) is 0 Å². The maximum atomic E-state index is 11.6. The third-order valence-corrected chi connectivity index (χ3v) is 4.59. The molecule has 0 saturated carbocycles.